The van der Waals surface area contributed by atoms with E-state index in [9.17, 15) is 18.9 Å². The summed E-state index contributed by atoms with van der Waals surface area (Å²) in [4.78, 5) is 30.0. The van der Waals surface area contributed by atoms with E-state index in [4.69, 9.17) is 21.8 Å². The van der Waals surface area contributed by atoms with Crippen molar-refractivity contribution < 1.29 is 23.3 Å². The Balaban J connectivity index is 1.58. The molecule has 1 heterocycles. The fraction of sp³-hybridized carbons (Fsp3) is 0.474. The van der Waals surface area contributed by atoms with Crippen LogP contribution in [0.2, 0.25) is 23.2 Å². The summed E-state index contributed by atoms with van der Waals surface area (Å²) in [6.07, 6.45) is 0.893. The molecule has 11 heteroatoms. The molecule has 4 N–H and O–H groups in total. The van der Waals surface area contributed by atoms with Crippen LogP contribution in [0.25, 0.3) is 11.1 Å². The number of likely N-dealkylation sites (tertiary alicyclic amines) is 1. The maximum atomic E-state index is 14.8. The summed E-state index contributed by atoms with van der Waals surface area (Å²) in [6, 6.07) is 19.6. The van der Waals surface area contributed by atoms with Gasteiger partial charge in [-0.1, -0.05) is 87.0 Å². The molecular weight excluding hydrogens is 674 g/mol. The van der Waals surface area contributed by atoms with Crippen molar-refractivity contribution in [3.8, 4) is 11.1 Å². The van der Waals surface area contributed by atoms with Crippen molar-refractivity contribution in [3.05, 3.63) is 94.0 Å². The number of carbonyl (C=O) groups excluding carboxylic acids is 2. The lowest BCUT2D eigenvalue weighted by atomic mass is 9.82. The van der Waals surface area contributed by atoms with Gasteiger partial charge in [-0.05, 0) is 86.1 Å². The molecule has 5 rings (SSSR count). The van der Waals surface area contributed by atoms with E-state index in [1.54, 1.807) is 36.4 Å². The average molecular weight is 724 g/mol. The van der Waals surface area contributed by atoms with Crippen molar-refractivity contribution in [2.24, 2.45) is 5.73 Å². The molecule has 0 spiro atoms. The number of primary amides is 1. The molecule has 1 saturated heterocycles. The van der Waals surface area contributed by atoms with E-state index < -0.39 is 53.0 Å². The average Bonchev–Trinajstić information content (AvgIpc) is 3.56. The number of carbonyl (C=O) groups is 2. The normalized spacial score (nSPS) is 20.1. The van der Waals surface area contributed by atoms with Crippen LogP contribution in [0.1, 0.15) is 82.7 Å². The third kappa shape index (κ3) is 6.80. The van der Waals surface area contributed by atoms with Crippen LogP contribution in [0, 0.1) is 0 Å². The lowest BCUT2D eigenvalue weighted by Crippen LogP contribution is -2.61. The van der Waals surface area contributed by atoms with Crippen molar-refractivity contribution in [1.29, 1.82) is 0 Å². The van der Waals surface area contributed by atoms with Crippen LogP contribution in [0.15, 0.2) is 66.7 Å². The van der Waals surface area contributed by atoms with Gasteiger partial charge in [0.1, 0.15) is 5.54 Å². The van der Waals surface area contributed by atoms with Crippen LogP contribution < -0.4 is 10.5 Å². The van der Waals surface area contributed by atoms with Gasteiger partial charge in [0.2, 0.25) is 5.91 Å². The first-order chi connectivity index (χ1) is 22.7. The number of fused-ring (bicyclic) bond motifs is 3. The number of benzene rings is 3. The first-order valence-corrected chi connectivity index (χ1v) is 21.3. The summed E-state index contributed by atoms with van der Waals surface area (Å²) in [7, 11) is -3.68. The molecule has 1 aliphatic heterocycles. The van der Waals surface area contributed by atoms with Crippen molar-refractivity contribution >= 4 is 42.7 Å². The largest absolute Gasteiger partial charge is 0.415 e. The molecule has 0 radical (unpaired) electrons. The highest BCUT2D eigenvalue weighted by atomic mass is 35.5. The highest BCUT2D eigenvalue weighted by Crippen LogP contribution is 2.50. The van der Waals surface area contributed by atoms with E-state index in [1.165, 1.54) is 4.90 Å². The van der Waals surface area contributed by atoms with Gasteiger partial charge in [0, 0.05) is 29.1 Å². The topological polar surface area (TPSA) is 122 Å². The minimum absolute atomic E-state index is 0.0536. The molecule has 2 unspecified atom stereocenters. The minimum Gasteiger partial charge on any atom is -0.415 e. The molecular formula is C38H50ClN3O5SSi. The predicted molar refractivity (Wildman–Crippen MR) is 200 cm³/mol. The molecule has 2 amide bonds. The summed E-state index contributed by atoms with van der Waals surface area (Å²) >= 11 is 6.62. The number of nitrogens with zero attached hydrogens (tertiary/aromatic N) is 1. The molecule has 0 bridgehead atoms. The number of aliphatic hydroxyl groups is 1. The fourth-order valence-electron chi connectivity index (χ4n) is 6.72. The van der Waals surface area contributed by atoms with Crippen LogP contribution in [-0.2, 0) is 37.0 Å². The van der Waals surface area contributed by atoms with Gasteiger partial charge in [0.15, 0.2) is 13.9 Å². The molecule has 2 aliphatic rings. The molecule has 1 aliphatic carbocycles. The van der Waals surface area contributed by atoms with Gasteiger partial charge in [-0.2, -0.15) is 0 Å². The lowest BCUT2D eigenvalue weighted by molar-refractivity contribution is -0.156. The molecule has 264 valence electrons. The van der Waals surface area contributed by atoms with Crippen LogP contribution >= 0.6 is 11.6 Å². The second kappa shape index (κ2) is 13.4. The zero-order valence-electron chi connectivity index (χ0n) is 29.9. The highest BCUT2D eigenvalue weighted by Gasteiger charge is 2.57. The van der Waals surface area contributed by atoms with Gasteiger partial charge in [-0.25, -0.2) is 8.93 Å². The molecule has 0 aromatic heterocycles. The van der Waals surface area contributed by atoms with E-state index >= 15 is 0 Å². The Bertz CT molecular complexity index is 1740. The van der Waals surface area contributed by atoms with Crippen molar-refractivity contribution in [2.45, 2.75) is 101 Å². The van der Waals surface area contributed by atoms with Crippen molar-refractivity contribution in [2.75, 3.05) is 13.2 Å². The van der Waals surface area contributed by atoms with Crippen molar-refractivity contribution in [1.82, 2.24) is 9.62 Å². The van der Waals surface area contributed by atoms with Crippen LogP contribution in [0.4, 0.5) is 0 Å². The Hall–Kier alpha value is -2.86. The van der Waals surface area contributed by atoms with Gasteiger partial charge in [-0.15, -0.1) is 0 Å². The van der Waals surface area contributed by atoms with Gasteiger partial charge in [0.25, 0.3) is 5.91 Å². The number of halogens is 1. The lowest BCUT2D eigenvalue weighted by Gasteiger charge is -2.41. The predicted octanol–water partition coefficient (Wildman–Crippen LogP) is 6.76. The number of hydrogen-bond acceptors (Lipinski definition) is 5. The third-order valence-electron chi connectivity index (χ3n) is 10.6. The van der Waals surface area contributed by atoms with E-state index in [1.807, 2.05) is 51.1 Å². The first kappa shape index (κ1) is 37.4. The molecule has 0 saturated carbocycles. The van der Waals surface area contributed by atoms with Gasteiger partial charge in [0.05, 0.1) is 28.4 Å². The quantitative estimate of drug-likeness (QED) is 0.200. The number of rotatable bonds is 10. The summed E-state index contributed by atoms with van der Waals surface area (Å²) in [5, 5.41) is 12.9. The smallest absolute Gasteiger partial charge is 0.264 e. The standard InChI is InChI=1S/C38H50ClN3O5SSi/c1-35(2,3)48(46)41-32(24-47-49(7,8)36(4,5)6)27-19-18-26(39)22-25(27)23-37(33(40)43)20-13-21-42(37)34(44)38(45)30-16-11-9-14-28(30)29-15-10-12-17-31(29)38/h9-12,14-19,22,32,41,45H,13,20-21,23-24H2,1-8H3,(H2,40,43)/t32?,37-,48?/m1/s1. The molecule has 1 fully saturated rings. The van der Waals surface area contributed by atoms with E-state index in [-0.39, 0.29) is 24.6 Å². The molecule has 8 nitrogen and oxygen atoms in total. The Morgan fingerprint density at radius 1 is 1.02 bits per heavy atom. The maximum Gasteiger partial charge on any atom is 0.264 e. The van der Waals surface area contributed by atoms with E-state index in [2.05, 4.69) is 38.6 Å². The van der Waals surface area contributed by atoms with Crippen LogP contribution in [-0.4, -0.2) is 57.8 Å². The maximum absolute atomic E-state index is 14.8. The van der Waals surface area contributed by atoms with Crippen LogP contribution in [0.5, 0.6) is 0 Å². The molecule has 3 atom stereocenters. The zero-order valence-corrected chi connectivity index (χ0v) is 32.4. The Labute approximate surface area is 299 Å². The van der Waals surface area contributed by atoms with Gasteiger partial charge >= 0.3 is 0 Å². The Morgan fingerprint density at radius 3 is 2.12 bits per heavy atom. The summed E-state index contributed by atoms with van der Waals surface area (Å²) in [5.41, 5.74) is 6.78. The highest BCUT2D eigenvalue weighted by molar-refractivity contribution is 7.84. The number of nitrogens with two attached hydrogens (primary N) is 1. The third-order valence-corrected chi connectivity index (χ3v) is 17.0. The van der Waals surface area contributed by atoms with E-state index in [0.29, 0.717) is 34.6 Å². The summed E-state index contributed by atoms with van der Waals surface area (Å²) in [5.74, 6) is -1.25. The number of nitrogens with one attached hydrogen (secondary N) is 1. The minimum atomic E-state index is -2.22. The zero-order chi connectivity index (χ0) is 36.2. The first-order valence-electron chi connectivity index (χ1n) is 16.9. The monoisotopic (exact) mass is 723 g/mol. The Kier molecular flexibility index (Phi) is 10.2. The summed E-state index contributed by atoms with van der Waals surface area (Å²) in [6.45, 7) is 17.0. The van der Waals surface area contributed by atoms with Crippen molar-refractivity contribution in [3.63, 3.8) is 0 Å². The summed E-state index contributed by atoms with van der Waals surface area (Å²) < 4.78 is 23.0. The van der Waals surface area contributed by atoms with Gasteiger partial charge in [-0.3, -0.25) is 9.59 Å². The second-order valence-electron chi connectivity index (χ2n) is 15.9. The fourth-order valence-corrected chi connectivity index (χ4v) is 8.74. The van der Waals surface area contributed by atoms with Gasteiger partial charge < -0.3 is 20.2 Å². The molecule has 49 heavy (non-hydrogen) atoms. The molecule has 3 aromatic carbocycles. The Morgan fingerprint density at radius 2 is 1.59 bits per heavy atom. The molecule has 3 aromatic rings. The van der Waals surface area contributed by atoms with Crippen LogP contribution in [0.3, 0.4) is 0 Å². The number of hydrogen-bond donors (Lipinski definition) is 3. The second-order valence-corrected chi connectivity index (χ2v) is 23.1. The van der Waals surface area contributed by atoms with E-state index in [0.717, 1.165) is 16.7 Å². The SMILES string of the molecule is CC(C)(C)S(=O)NC(CO[Si](C)(C)C(C)(C)C)c1ccc(Cl)cc1C[C@@]1(C(N)=O)CCCN1C(=O)C1(O)c2ccccc2-c2ccccc21. The number of amides is 2.